The third-order valence-electron chi connectivity index (χ3n) is 1.95. The predicted octanol–water partition coefficient (Wildman–Crippen LogP) is 3.90. The fourth-order valence-electron chi connectivity index (χ4n) is 1.32. The van der Waals surface area contributed by atoms with Crippen LogP contribution in [0.25, 0.3) is 11.1 Å². The van der Waals surface area contributed by atoms with Crippen LogP contribution in [0.15, 0.2) is 54.6 Å². The zero-order valence-electron chi connectivity index (χ0n) is 7.96. The summed E-state index contributed by atoms with van der Waals surface area (Å²) >= 11 is 0. The Labute approximate surface area is 102 Å². The Kier molecular flexibility index (Phi) is 5.83. The van der Waals surface area contributed by atoms with E-state index in [0.717, 1.165) is 11.1 Å². The van der Waals surface area contributed by atoms with E-state index in [1.165, 1.54) is 0 Å². The van der Waals surface area contributed by atoms with Crippen LogP contribution in [0.2, 0.25) is 0 Å². The molecule has 0 unspecified atom stereocenters. The topological polar surface area (TPSA) is 20.2 Å². The van der Waals surface area contributed by atoms with E-state index in [1.807, 2.05) is 42.5 Å². The van der Waals surface area contributed by atoms with E-state index < -0.39 is 0 Å². The smallest absolute Gasteiger partial charge is 0.116 e. The molecule has 15 heavy (non-hydrogen) atoms. The van der Waals surface area contributed by atoms with Gasteiger partial charge in [0.1, 0.15) is 5.75 Å². The van der Waals surface area contributed by atoms with Crippen molar-refractivity contribution in [2.24, 2.45) is 0 Å². The molecule has 0 amide bonds. The summed E-state index contributed by atoms with van der Waals surface area (Å²) in [6, 6.07) is 17.3. The van der Waals surface area contributed by atoms with Crippen molar-refractivity contribution in [3.05, 3.63) is 54.6 Å². The predicted molar refractivity (Wildman–Crippen MR) is 68.0 cm³/mol. The molecule has 0 radical (unpaired) electrons. The summed E-state index contributed by atoms with van der Waals surface area (Å²) in [5, 5.41) is 9.27. The van der Waals surface area contributed by atoms with Gasteiger partial charge in [0.2, 0.25) is 0 Å². The van der Waals surface area contributed by atoms with Crippen molar-refractivity contribution in [1.82, 2.24) is 0 Å². The molecular weight excluding hydrogens is 231 g/mol. The van der Waals surface area contributed by atoms with E-state index in [4.69, 9.17) is 0 Å². The molecule has 0 atom stereocenters. The highest BCUT2D eigenvalue weighted by Gasteiger charge is 1.95. The highest BCUT2D eigenvalue weighted by molar-refractivity contribution is 5.85. The molecule has 2 rings (SSSR count). The Balaban J connectivity index is 0.000000980. The summed E-state index contributed by atoms with van der Waals surface area (Å²) in [6.45, 7) is 0. The zero-order valence-corrected chi connectivity index (χ0v) is 9.59. The van der Waals surface area contributed by atoms with Crippen molar-refractivity contribution in [2.45, 2.75) is 0 Å². The van der Waals surface area contributed by atoms with Gasteiger partial charge in [-0.2, -0.15) is 0 Å². The second-order valence-electron chi connectivity index (χ2n) is 2.92. The number of rotatable bonds is 1. The van der Waals surface area contributed by atoms with Gasteiger partial charge in [-0.25, -0.2) is 0 Å². The standard InChI is InChI=1S/C12H10O.2ClH/c13-12-8-4-7-11(9-12)10-5-2-1-3-6-10;;/h1-9,13H;2*1H. The van der Waals surface area contributed by atoms with Gasteiger partial charge in [-0.1, -0.05) is 42.5 Å². The molecule has 0 fully saturated rings. The average Bonchev–Trinajstić information content (AvgIpc) is 2.19. The van der Waals surface area contributed by atoms with E-state index in [-0.39, 0.29) is 24.8 Å². The van der Waals surface area contributed by atoms with Gasteiger partial charge in [-0.05, 0) is 23.3 Å². The molecular formula is C12H12Cl2O. The van der Waals surface area contributed by atoms with Crippen molar-refractivity contribution in [2.75, 3.05) is 0 Å². The third kappa shape index (κ3) is 3.46. The van der Waals surface area contributed by atoms with Crippen LogP contribution in [0, 0.1) is 0 Å². The van der Waals surface area contributed by atoms with Gasteiger partial charge in [0.25, 0.3) is 0 Å². The van der Waals surface area contributed by atoms with Crippen molar-refractivity contribution in [1.29, 1.82) is 0 Å². The molecule has 1 nitrogen and oxygen atoms in total. The van der Waals surface area contributed by atoms with Crippen LogP contribution in [0.3, 0.4) is 0 Å². The molecule has 0 spiro atoms. The number of benzene rings is 2. The maximum absolute atomic E-state index is 9.27. The Morgan fingerprint density at radius 2 is 1.27 bits per heavy atom. The highest BCUT2D eigenvalue weighted by Crippen LogP contribution is 2.22. The van der Waals surface area contributed by atoms with E-state index in [0.29, 0.717) is 5.75 Å². The summed E-state index contributed by atoms with van der Waals surface area (Å²) in [4.78, 5) is 0. The number of phenols is 1. The van der Waals surface area contributed by atoms with Crippen molar-refractivity contribution in [3.63, 3.8) is 0 Å². The Morgan fingerprint density at radius 1 is 0.667 bits per heavy atom. The minimum absolute atomic E-state index is 0. The summed E-state index contributed by atoms with van der Waals surface area (Å²) in [7, 11) is 0. The van der Waals surface area contributed by atoms with Gasteiger partial charge < -0.3 is 5.11 Å². The number of hydrogen-bond acceptors (Lipinski definition) is 1. The molecule has 0 aliphatic rings. The molecule has 2 aromatic rings. The Morgan fingerprint density at radius 3 is 1.87 bits per heavy atom. The van der Waals surface area contributed by atoms with Crippen molar-refractivity contribution < 1.29 is 5.11 Å². The van der Waals surface area contributed by atoms with Crippen LogP contribution in [0.4, 0.5) is 0 Å². The molecule has 0 saturated heterocycles. The van der Waals surface area contributed by atoms with E-state index in [2.05, 4.69) is 0 Å². The van der Waals surface area contributed by atoms with E-state index in [1.54, 1.807) is 12.1 Å². The quantitative estimate of drug-likeness (QED) is 0.805. The van der Waals surface area contributed by atoms with Crippen molar-refractivity contribution in [3.8, 4) is 16.9 Å². The molecule has 0 aromatic heterocycles. The van der Waals surface area contributed by atoms with Crippen LogP contribution >= 0.6 is 24.8 Å². The maximum atomic E-state index is 9.27. The number of halogens is 2. The number of phenolic OH excluding ortho intramolecular Hbond substituents is 1. The fourth-order valence-corrected chi connectivity index (χ4v) is 1.32. The lowest BCUT2D eigenvalue weighted by molar-refractivity contribution is 0.475. The minimum atomic E-state index is 0. The number of hydrogen-bond donors (Lipinski definition) is 1. The molecule has 0 bridgehead atoms. The van der Waals surface area contributed by atoms with Gasteiger partial charge in [-0.3, -0.25) is 0 Å². The molecule has 1 N–H and O–H groups in total. The van der Waals surface area contributed by atoms with Gasteiger partial charge in [-0.15, -0.1) is 24.8 Å². The Hall–Kier alpha value is -1.18. The lowest BCUT2D eigenvalue weighted by Crippen LogP contribution is -1.75. The summed E-state index contributed by atoms with van der Waals surface area (Å²) in [6.07, 6.45) is 0. The molecule has 0 saturated carbocycles. The van der Waals surface area contributed by atoms with Crippen LogP contribution in [-0.2, 0) is 0 Å². The molecule has 0 heterocycles. The summed E-state index contributed by atoms with van der Waals surface area (Å²) in [5.41, 5.74) is 2.17. The first-order valence-electron chi connectivity index (χ1n) is 4.21. The largest absolute Gasteiger partial charge is 0.508 e. The van der Waals surface area contributed by atoms with Crippen LogP contribution in [0.1, 0.15) is 0 Å². The van der Waals surface area contributed by atoms with Gasteiger partial charge >= 0.3 is 0 Å². The first-order chi connectivity index (χ1) is 6.36. The zero-order chi connectivity index (χ0) is 9.10. The third-order valence-corrected chi connectivity index (χ3v) is 1.95. The van der Waals surface area contributed by atoms with Crippen LogP contribution < -0.4 is 0 Å². The first-order valence-corrected chi connectivity index (χ1v) is 4.21. The maximum Gasteiger partial charge on any atom is 0.116 e. The highest BCUT2D eigenvalue weighted by atomic mass is 35.5. The average molecular weight is 243 g/mol. The van der Waals surface area contributed by atoms with Gasteiger partial charge in [0.15, 0.2) is 0 Å². The van der Waals surface area contributed by atoms with Crippen LogP contribution in [-0.4, -0.2) is 5.11 Å². The SMILES string of the molecule is Cl.Cl.Oc1cccc(-c2ccccc2)c1. The Bertz CT molecular complexity index is 401. The molecule has 0 aliphatic carbocycles. The lowest BCUT2D eigenvalue weighted by Gasteiger charge is -2.00. The molecule has 0 aliphatic heterocycles. The lowest BCUT2D eigenvalue weighted by atomic mass is 10.1. The monoisotopic (exact) mass is 242 g/mol. The summed E-state index contributed by atoms with van der Waals surface area (Å²) < 4.78 is 0. The fraction of sp³-hybridized carbons (Fsp3) is 0. The summed E-state index contributed by atoms with van der Waals surface area (Å²) in [5.74, 6) is 0.307. The van der Waals surface area contributed by atoms with Gasteiger partial charge in [0.05, 0.1) is 0 Å². The minimum Gasteiger partial charge on any atom is -0.508 e. The molecule has 3 heteroatoms. The van der Waals surface area contributed by atoms with Gasteiger partial charge in [0, 0.05) is 0 Å². The van der Waals surface area contributed by atoms with E-state index in [9.17, 15) is 5.11 Å². The van der Waals surface area contributed by atoms with Crippen molar-refractivity contribution >= 4 is 24.8 Å². The second kappa shape index (κ2) is 6.33. The normalized spacial score (nSPS) is 8.53. The first kappa shape index (κ1) is 13.8. The molecule has 2 aromatic carbocycles. The number of aromatic hydroxyl groups is 1. The van der Waals surface area contributed by atoms with E-state index >= 15 is 0 Å². The molecule has 80 valence electrons. The second-order valence-corrected chi connectivity index (χ2v) is 2.92. The van der Waals surface area contributed by atoms with Crippen LogP contribution in [0.5, 0.6) is 5.75 Å².